The maximum atomic E-state index is 13.7. The van der Waals surface area contributed by atoms with E-state index in [-0.39, 0.29) is 23.8 Å². The molecule has 3 N–H and O–H groups in total. The SMILES string of the molecule is CCNCCCCC(=O)N[C@H](C(=O)N1CCC[C@H]1C(=O)N[C@@H](C)c1ccc(-c2scnc2C)cc1)C(C)(C)C. The number of carbonyl (C=O) groups is 3. The van der Waals surface area contributed by atoms with Gasteiger partial charge in [-0.3, -0.25) is 14.4 Å². The third-order valence-electron chi connectivity index (χ3n) is 7.29. The Morgan fingerprint density at radius 3 is 2.46 bits per heavy atom. The third-order valence-corrected chi connectivity index (χ3v) is 8.27. The lowest BCUT2D eigenvalue weighted by atomic mass is 9.85. The average Bonchev–Trinajstić information content (AvgIpc) is 3.55. The molecule has 0 bridgehead atoms. The molecular formula is C30H45N5O3S. The average molecular weight is 556 g/mol. The number of aromatic nitrogens is 1. The van der Waals surface area contributed by atoms with Gasteiger partial charge in [-0.2, -0.15) is 0 Å². The number of benzene rings is 1. The highest BCUT2D eigenvalue weighted by Gasteiger charge is 2.42. The second kappa shape index (κ2) is 14.0. The highest BCUT2D eigenvalue weighted by molar-refractivity contribution is 7.13. The summed E-state index contributed by atoms with van der Waals surface area (Å²) in [5, 5.41) is 9.36. The third kappa shape index (κ3) is 8.35. The van der Waals surface area contributed by atoms with Crippen LogP contribution in [0.2, 0.25) is 0 Å². The maximum Gasteiger partial charge on any atom is 0.246 e. The molecule has 39 heavy (non-hydrogen) atoms. The summed E-state index contributed by atoms with van der Waals surface area (Å²) in [4.78, 5) is 46.9. The Kier molecular flexibility index (Phi) is 11.1. The molecule has 214 valence electrons. The minimum atomic E-state index is -0.688. The molecule has 9 heteroatoms. The summed E-state index contributed by atoms with van der Waals surface area (Å²) in [6.07, 6.45) is 3.43. The van der Waals surface area contributed by atoms with Crippen LogP contribution in [-0.4, -0.2) is 59.3 Å². The first-order chi connectivity index (χ1) is 18.5. The molecule has 3 atom stereocenters. The van der Waals surface area contributed by atoms with Gasteiger partial charge in [0.05, 0.1) is 22.1 Å². The summed E-state index contributed by atoms with van der Waals surface area (Å²) >= 11 is 1.61. The number of likely N-dealkylation sites (tertiary alicyclic amines) is 1. The van der Waals surface area contributed by atoms with Crippen molar-refractivity contribution in [2.45, 2.75) is 91.8 Å². The molecule has 0 unspecified atom stereocenters. The molecule has 0 aliphatic carbocycles. The molecule has 1 saturated heterocycles. The van der Waals surface area contributed by atoms with E-state index in [2.05, 4.69) is 40.0 Å². The summed E-state index contributed by atoms with van der Waals surface area (Å²) in [5.74, 6) is -0.457. The quantitative estimate of drug-likeness (QED) is 0.332. The minimum absolute atomic E-state index is 0.120. The number of aryl methyl sites for hydroxylation is 1. The summed E-state index contributed by atoms with van der Waals surface area (Å²) in [6, 6.07) is 6.74. The first kappa shape index (κ1) is 30.8. The van der Waals surface area contributed by atoms with Crippen molar-refractivity contribution in [3.8, 4) is 10.4 Å². The fourth-order valence-electron chi connectivity index (χ4n) is 4.96. The van der Waals surface area contributed by atoms with Crippen molar-refractivity contribution in [3.05, 3.63) is 41.0 Å². The van der Waals surface area contributed by atoms with E-state index in [1.54, 1.807) is 16.2 Å². The molecule has 2 aromatic rings. The topological polar surface area (TPSA) is 103 Å². The Labute approximate surface area is 237 Å². The molecule has 0 spiro atoms. The Morgan fingerprint density at radius 1 is 1.13 bits per heavy atom. The van der Waals surface area contributed by atoms with Crippen LogP contribution in [0.25, 0.3) is 10.4 Å². The molecule has 1 fully saturated rings. The van der Waals surface area contributed by atoms with Crippen molar-refractivity contribution in [3.63, 3.8) is 0 Å². The van der Waals surface area contributed by atoms with Gasteiger partial charge in [-0.15, -0.1) is 11.3 Å². The molecule has 1 aromatic carbocycles. The molecule has 1 aliphatic rings. The standard InChI is InChI=1S/C30H45N5O3S/c1-7-31-17-9-8-12-25(36)34-27(30(4,5)6)29(38)35-18-10-11-24(35)28(37)33-20(2)22-13-15-23(16-14-22)26-21(3)32-19-39-26/h13-16,19-20,24,27,31H,7-12,17-18H2,1-6H3,(H,33,37)(H,34,36)/t20-,24-,27+/m0/s1. The number of thiazole rings is 1. The van der Waals surface area contributed by atoms with Crippen LogP contribution in [0.5, 0.6) is 0 Å². The number of carbonyl (C=O) groups excluding carboxylic acids is 3. The van der Waals surface area contributed by atoms with Crippen LogP contribution in [0, 0.1) is 12.3 Å². The van der Waals surface area contributed by atoms with E-state index in [0.29, 0.717) is 19.4 Å². The van der Waals surface area contributed by atoms with Crippen molar-refractivity contribution >= 4 is 29.1 Å². The van der Waals surface area contributed by atoms with Crippen molar-refractivity contribution in [2.24, 2.45) is 5.41 Å². The van der Waals surface area contributed by atoms with Crippen molar-refractivity contribution in [1.29, 1.82) is 0 Å². The molecule has 3 rings (SSSR count). The van der Waals surface area contributed by atoms with Crippen LogP contribution < -0.4 is 16.0 Å². The number of amides is 3. The predicted molar refractivity (Wildman–Crippen MR) is 157 cm³/mol. The van der Waals surface area contributed by atoms with Crippen LogP contribution in [0.15, 0.2) is 29.8 Å². The first-order valence-electron chi connectivity index (χ1n) is 14.1. The minimum Gasteiger partial charge on any atom is -0.348 e. The van der Waals surface area contributed by atoms with E-state index in [0.717, 1.165) is 54.0 Å². The summed E-state index contributed by atoms with van der Waals surface area (Å²) < 4.78 is 0. The van der Waals surface area contributed by atoms with Crippen molar-refractivity contribution < 1.29 is 14.4 Å². The maximum absolute atomic E-state index is 13.7. The van der Waals surface area contributed by atoms with Crippen LogP contribution >= 0.6 is 11.3 Å². The van der Waals surface area contributed by atoms with Gasteiger partial charge in [-0.25, -0.2) is 4.98 Å². The van der Waals surface area contributed by atoms with E-state index in [4.69, 9.17) is 0 Å². The van der Waals surface area contributed by atoms with Gasteiger partial charge in [0.25, 0.3) is 0 Å². The normalized spacial score (nSPS) is 17.1. The fourth-order valence-corrected chi connectivity index (χ4v) is 5.77. The predicted octanol–water partition coefficient (Wildman–Crippen LogP) is 4.60. The first-order valence-corrected chi connectivity index (χ1v) is 15.0. The number of nitrogens with one attached hydrogen (secondary N) is 3. The lowest BCUT2D eigenvalue weighted by Gasteiger charge is -2.35. The van der Waals surface area contributed by atoms with E-state index < -0.39 is 17.5 Å². The van der Waals surface area contributed by atoms with E-state index in [1.807, 2.05) is 52.3 Å². The van der Waals surface area contributed by atoms with Gasteiger partial charge in [-0.05, 0) is 69.2 Å². The molecule has 1 aromatic heterocycles. The van der Waals surface area contributed by atoms with Crippen LogP contribution in [0.1, 0.15) is 84.0 Å². The lowest BCUT2D eigenvalue weighted by molar-refractivity contribution is -0.144. The zero-order valence-electron chi connectivity index (χ0n) is 24.3. The summed E-state index contributed by atoms with van der Waals surface area (Å²) in [5.41, 5.74) is 4.48. The molecule has 0 radical (unpaired) electrons. The van der Waals surface area contributed by atoms with Gasteiger partial charge in [0, 0.05) is 13.0 Å². The fraction of sp³-hybridized carbons (Fsp3) is 0.600. The zero-order chi connectivity index (χ0) is 28.6. The smallest absolute Gasteiger partial charge is 0.246 e. The lowest BCUT2D eigenvalue weighted by Crippen LogP contribution is -2.57. The van der Waals surface area contributed by atoms with Gasteiger partial charge in [-0.1, -0.05) is 52.0 Å². The second-order valence-electron chi connectivity index (χ2n) is 11.5. The largest absolute Gasteiger partial charge is 0.348 e. The monoisotopic (exact) mass is 555 g/mol. The number of rotatable bonds is 12. The number of hydrogen-bond acceptors (Lipinski definition) is 6. The van der Waals surface area contributed by atoms with E-state index in [9.17, 15) is 14.4 Å². The van der Waals surface area contributed by atoms with Crippen LogP contribution in [-0.2, 0) is 14.4 Å². The van der Waals surface area contributed by atoms with Crippen molar-refractivity contribution in [2.75, 3.05) is 19.6 Å². The van der Waals surface area contributed by atoms with Crippen LogP contribution in [0.4, 0.5) is 0 Å². The van der Waals surface area contributed by atoms with E-state index in [1.165, 1.54) is 0 Å². The molecular weight excluding hydrogens is 510 g/mol. The molecule has 1 aliphatic heterocycles. The van der Waals surface area contributed by atoms with Crippen LogP contribution in [0.3, 0.4) is 0 Å². The second-order valence-corrected chi connectivity index (χ2v) is 12.3. The Balaban J connectivity index is 1.61. The summed E-state index contributed by atoms with van der Waals surface area (Å²) in [6.45, 7) is 14.2. The molecule has 3 amide bonds. The summed E-state index contributed by atoms with van der Waals surface area (Å²) in [7, 11) is 0. The highest BCUT2D eigenvalue weighted by Crippen LogP contribution is 2.29. The Hall–Kier alpha value is -2.78. The van der Waals surface area contributed by atoms with Gasteiger partial charge in [0.2, 0.25) is 17.7 Å². The molecule has 2 heterocycles. The number of hydrogen-bond donors (Lipinski definition) is 3. The van der Waals surface area contributed by atoms with Gasteiger partial charge in [0.15, 0.2) is 0 Å². The van der Waals surface area contributed by atoms with Gasteiger partial charge >= 0.3 is 0 Å². The Morgan fingerprint density at radius 2 is 1.85 bits per heavy atom. The number of unbranched alkanes of at least 4 members (excludes halogenated alkanes) is 1. The van der Waals surface area contributed by atoms with E-state index >= 15 is 0 Å². The van der Waals surface area contributed by atoms with Gasteiger partial charge < -0.3 is 20.9 Å². The zero-order valence-corrected chi connectivity index (χ0v) is 25.1. The Bertz CT molecular complexity index is 1110. The van der Waals surface area contributed by atoms with Crippen molar-refractivity contribution in [1.82, 2.24) is 25.8 Å². The highest BCUT2D eigenvalue weighted by atomic mass is 32.1. The molecule has 8 nitrogen and oxygen atoms in total. The number of nitrogens with zero attached hydrogens (tertiary/aromatic N) is 2. The molecule has 0 saturated carbocycles. The van der Waals surface area contributed by atoms with Gasteiger partial charge in [0.1, 0.15) is 12.1 Å².